The number of primary sulfonamides is 1. The van der Waals surface area contributed by atoms with Crippen molar-refractivity contribution in [3.05, 3.63) is 71.9 Å². The Morgan fingerprint density at radius 1 is 1.06 bits per heavy atom. The Hall–Kier alpha value is -3.77. The third-order valence-electron chi connectivity index (χ3n) is 5.68. The normalized spacial score (nSPS) is 20.4. The number of hydrogen-bond acceptors (Lipinski definition) is 6. The lowest BCUT2D eigenvalue weighted by Gasteiger charge is -2.16. The Labute approximate surface area is 192 Å². The van der Waals surface area contributed by atoms with Crippen molar-refractivity contribution in [3.63, 3.8) is 0 Å². The Morgan fingerprint density at radius 3 is 2.44 bits per heavy atom. The average molecular weight is 488 g/mol. The van der Waals surface area contributed by atoms with Crippen molar-refractivity contribution in [2.75, 3.05) is 11.9 Å². The van der Waals surface area contributed by atoms with Crippen LogP contribution >= 0.6 is 0 Å². The van der Waals surface area contributed by atoms with Gasteiger partial charge in [-0.3, -0.25) is 5.32 Å². The van der Waals surface area contributed by atoms with E-state index in [1.807, 2.05) is 0 Å². The fraction of sp³-hybridized carbons (Fsp3) is 0.182. The summed E-state index contributed by atoms with van der Waals surface area (Å²) in [4.78, 5) is 16.5. The Balaban J connectivity index is 1.18. The van der Waals surface area contributed by atoms with Crippen LogP contribution in [0.15, 0.2) is 59.6 Å². The van der Waals surface area contributed by atoms with E-state index in [1.165, 1.54) is 36.5 Å². The second-order valence-corrected chi connectivity index (χ2v) is 9.46. The summed E-state index contributed by atoms with van der Waals surface area (Å²) in [5.74, 6) is -0.809. The second kappa shape index (κ2) is 8.22. The highest BCUT2D eigenvalue weighted by Crippen LogP contribution is 2.55. The minimum Gasteiger partial charge on any atom is -0.490 e. The third-order valence-corrected chi connectivity index (χ3v) is 6.61. The predicted octanol–water partition coefficient (Wildman–Crippen LogP) is 3.10. The zero-order valence-electron chi connectivity index (χ0n) is 17.4. The van der Waals surface area contributed by atoms with E-state index in [4.69, 9.17) is 14.6 Å². The van der Waals surface area contributed by atoms with Crippen molar-refractivity contribution in [1.82, 2.24) is 10.3 Å². The lowest BCUT2D eigenvalue weighted by atomic mass is 10.0. The molecule has 2 aromatic carbocycles. The van der Waals surface area contributed by atoms with Crippen LogP contribution in [0.4, 0.5) is 19.4 Å². The molecule has 176 valence electrons. The molecule has 9 nitrogen and oxygen atoms in total. The number of amides is 2. The highest BCUT2D eigenvalue weighted by Gasteiger charge is 2.57. The van der Waals surface area contributed by atoms with Crippen molar-refractivity contribution < 1.29 is 31.5 Å². The number of nitrogens with one attached hydrogen (secondary N) is 2. The molecule has 0 radical (unpaired) electrons. The first-order valence-electron chi connectivity index (χ1n) is 10.2. The molecule has 1 saturated carbocycles. The van der Waals surface area contributed by atoms with E-state index < -0.39 is 27.7 Å². The first kappa shape index (κ1) is 22.0. The zero-order valence-corrected chi connectivity index (χ0v) is 18.2. The fourth-order valence-electron chi connectivity index (χ4n) is 4.01. The Kier molecular flexibility index (Phi) is 5.33. The van der Waals surface area contributed by atoms with Crippen LogP contribution in [0.3, 0.4) is 0 Å². The summed E-state index contributed by atoms with van der Waals surface area (Å²) in [6, 6.07) is 9.75. The van der Waals surface area contributed by atoms with Gasteiger partial charge in [0.1, 0.15) is 23.1 Å². The van der Waals surface area contributed by atoms with Crippen LogP contribution in [-0.4, -0.2) is 32.1 Å². The molecule has 4 N–H and O–H groups in total. The number of nitrogens with zero attached hydrogens (tertiary/aromatic N) is 1. The highest BCUT2D eigenvalue weighted by molar-refractivity contribution is 7.89. The number of ether oxygens (including phenoxy) is 2. The van der Waals surface area contributed by atoms with Crippen LogP contribution in [0, 0.1) is 17.6 Å². The lowest BCUT2D eigenvalue weighted by Crippen LogP contribution is -2.32. The number of rotatable bonds is 5. The van der Waals surface area contributed by atoms with Gasteiger partial charge >= 0.3 is 6.03 Å². The number of urea groups is 1. The van der Waals surface area contributed by atoms with E-state index in [-0.39, 0.29) is 46.5 Å². The van der Waals surface area contributed by atoms with Gasteiger partial charge in [-0.2, -0.15) is 0 Å². The van der Waals surface area contributed by atoms with Crippen LogP contribution in [0.1, 0.15) is 11.5 Å². The quantitative estimate of drug-likeness (QED) is 0.506. The van der Waals surface area contributed by atoms with Gasteiger partial charge in [0.25, 0.3) is 0 Å². The van der Waals surface area contributed by atoms with Crippen molar-refractivity contribution in [2.45, 2.75) is 16.9 Å². The number of nitrogens with two attached hydrogens (primary N) is 1. The number of pyridine rings is 1. The first-order chi connectivity index (χ1) is 16.2. The SMILES string of the molecule is NS(=O)(=O)c1ccc(Oc2ccc(NC(=O)NC3C4COc5c(F)ccc(F)c5C43)nc2)cc1. The molecule has 0 spiro atoms. The van der Waals surface area contributed by atoms with Crippen molar-refractivity contribution in [3.8, 4) is 17.2 Å². The molecule has 2 heterocycles. The van der Waals surface area contributed by atoms with E-state index in [1.54, 1.807) is 6.07 Å². The Bertz CT molecular complexity index is 1370. The van der Waals surface area contributed by atoms with Crippen LogP contribution in [-0.2, 0) is 10.0 Å². The summed E-state index contributed by atoms with van der Waals surface area (Å²) < 4.78 is 61.7. The monoisotopic (exact) mass is 488 g/mol. The van der Waals surface area contributed by atoms with Gasteiger partial charge < -0.3 is 14.8 Å². The van der Waals surface area contributed by atoms with Gasteiger partial charge in [-0.05, 0) is 48.5 Å². The highest BCUT2D eigenvalue weighted by atomic mass is 32.2. The number of hydrogen-bond donors (Lipinski definition) is 3. The predicted molar refractivity (Wildman–Crippen MR) is 116 cm³/mol. The molecule has 0 saturated heterocycles. The molecule has 3 atom stereocenters. The summed E-state index contributed by atoms with van der Waals surface area (Å²) in [5, 5.41) is 10.4. The molecular weight excluding hydrogens is 470 g/mol. The largest absolute Gasteiger partial charge is 0.490 e. The van der Waals surface area contributed by atoms with E-state index >= 15 is 0 Å². The number of carbonyl (C=O) groups is 1. The summed E-state index contributed by atoms with van der Waals surface area (Å²) in [6.07, 6.45) is 1.38. The minimum atomic E-state index is -3.80. The van der Waals surface area contributed by atoms with Gasteiger partial charge in [-0.1, -0.05) is 0 Å². The minimum absolute atomic E-state index is 0.0398. The number of fused-ring (bicyclic) bond motifs is 3. The fourth-order valence-corrected chi connectivity index (χ4v) is 4.52. The van der Waals surface area contributed by atoms with E-state index in [0.29, 0.717) is 11.5 Å². The maximum Gasteiger partial charge on any atom is 0.320 e. The van der Waals surface area contributed by atoms with Crippen LogP contribution in [0.5, 0.6) is 17.2 Å². The van der Waals surface area contributed by atoms with E-state index in [2.05, 4.69) is 15.6 Å². The maximum atomic E-state index is 14.2. The smallest absolute Gasteiger partial charge is 0.320 e. The van der Waals surface area contributed by atoms with Crippen molar-refractivity contribution in [1.29, 1.82) is 0 Å². The van der Waals surface area contributed by atoms with Crippen molar-refractivity contribution in [2.24, 2.45) is 11.1 Å². The molecule has 1 aliphatic carbocycles. The standard InChI is InChI=1S/C22H18F2N4O5S/c23-15-6-7-16(24)21-19(15)18-14(10-32-21)20(18)28-22(29)27-17-8-3-12(9-26-17)33-11-1-4-13(5-2-11)34(25,30)31/h1-9,14,18,20H,10H2,(H2,25,30,31)(H2,26,27,28,29). The summed E-state index contributed by atoms with van der Waals surface area (Å²) in [5.41, 5.74) is 0.151. The number of aromatic nitrogens is 1. The lowest BCUT2D eigenvalue weighted by molar-refractivity contribution is 0.247. The number of sulfonamides is 1. The maximum absolute atomic E-state index is 14.2. The Morgan fingerprint density at radius 2 is 1.76 bits per heavy atom. The molecule has 3 aromatic rings. The van der Waals surface area contributed by atoms with Gasteiger partial charge in [0.05, 0.1) is 17.7 Å². The molecule has 34 heavy (non-hydrogen) atoms. The molecule has 1 aliphatic heterocycles. The third kappa shape index (κ3) is 4.24. The van der Waals surface area contributed by atoms with Crippen LogP contribution in [0.25, 0.3) is 0 Å². The number of benzene rings is 2. The number of carbonyl (C=O) groups excluding carboxylic acids is 1. The molecule has 2 aliphatic rings. The topological polar surface area (TPSA) is 133 Å². The molecule has 2 amide bonds. The average Bonchev–Trinajstić information content (AvgIpc) is 3.49. The molecule has 5 rings (SSSR count). The second-order valence-electron chi connectivity index (χ2n) is 7.89. The van der Waals surface area contributed by atoms with Gasteiger partial charge in [-0.25, -0.2) is 32.1 Å². The molecule has 12 heteroatoms. The number of anilines is 1. The summed E-state index contributed by atoms with van der Waals surface area (Å²) in [6.45, 7) is 0.186. The molecule has 0 bridgehead atoms. The van der Waals surface area contributed by atoms with Crippen molar-refractivity contribution >= 4 is 21.9 Å². The van der Waals surface area contributed by atoms with Crippen LogP contribution < -0.4 is 25.2 Å². The van der Waals surface area contributed by atoms with Crippen LogP contribution in [0.2, 0.25) is 0 Å². The van der Waals surface area contributed by atoms with Gasteiger partial charge in [0, 0.05) is 23.4 Å². The first-order valence-corrected chi connectivity index (χ1v) is 11.7. The summed E-state index contributed by atoms with van der Waals surface area (Å²) >= 11 is 0. The van der Waals surface area contributed by atoms with Gasteiger partial charge in [0.2, 0.25) is 10.0 Å². The molecule has 1 aromatic heterocycles. The summed E-state index contributed by atoms with van der Waals surface area (Å²) in [7, 11) is -3.80. The van der Waals surface area contributed by atoms with E-state index in [9.17, 15) is 22.0 Å². The van der Waals surface area contributed by atoms with E-state index in [0.717, 1.165) is 12.1 Å². The molecular formula is C22H18F2N4O5S. The van der Waals surface area contributed by atoms with Gasteiger partial charge in [-0.15, -0.1) is 0 Å². The number of halogens is 2. The molecule has 1 fully saturated rings. The zero-order chi connectivity index (χ0) is 24.0. The van der Waals surface area contributed by atoms with Gasteiger partial charge in [0.15, 0.2) is 11.6 Å². The molecule has 3 unspecified atom stereocenters.